The van der Waals surface area contributed by atoms with Gasteiger partial charge < -0.3 is 5.32 Å². The van der Waals surface area contributed by atoms with E-state index in [1.54, 1.807) is 0 Å². The van der Waals surface area contributed by atoms with Gasteiger partial charge in [0.05, 0.1) is 6.04 Å². The Morgan fingerprint density at radius 2 is 1.43 bits per heavy atom. The number of nitrogens with one attached hydrogen (secondary N) is 1. The van der Waals surface area contributed by atoms with Crippen molar-refractivity contribution >= 4 is 5.91 Å². The minimum atomic E-state index is 0.0271. The molecule has 28 heavy (non-hydrogen) atoms. The van der Waals surface area contributed by atoms with Crippen molar-refractivity contribution in [2.45, 2.75) is 13.0 Å². The zero-order valence-corrected chi connectivity index (χ0v) is 16.2. The Bertz CT molecular complexity index is 878. The molecule has 0 saturated carbocycles. The van der Waals surface area contributed by atoms with Crippen LogP contribution in [0.2, 0.25) is 0 Å². The number of benzene rings is 3. The number of carbonyl (C=O) groups excluding carboxylic acids is 1. The number of nitrogens with zero attached hydrogens (tertiary/aromatic N) is 1. The molecule has 3 nitrogen and oxygen atoms in total. The van der Waals surface area contributed by atoms with E-state index in [9.17, 15) is 4.79 Å². The maximum Gasteiger partial charge on any atom is 0.251 e. The molecular weight excluding hydrogens is 344 g/mol. The van der Waals surface area contributed by atoms with Crippen molar-refractivity contribution in [2.75, 3.05) is 19.6 Å². The van der Waals surface area contributed by atoms with Crippen LogP contribution in [-0.2, 0) is 0 Å². The second kappa shape index (κ2) is 8.41. The van der Waals surface area contributed by atoms with Crippen LogP contribution in [0, 0.1) is 12.8 Å². The second-order valence-electron chi connectivity index (χ2n) is 7.57. The van der Waals surface area contributed by atoms with Gasteiger partial charge in [0, 0.05) is 31.1 Å². The van der Waals surface area contributed by atoms with Gasteiger partial charge in [-0.2, -0.15) is 0 Å². The van der Waals surface area contributed by atoms with Crippen LogP contribution in [0.5, 0.6) is 0 Å². The predicted octanol–water partition coefficient (Wildman–Crippen LogP) is 4.45. The minimum absolute atomic E-state index is 0.0271. The molecule has 0 bridgehead atoms. The zero-order valence-electron chi connectivity index (χ0n) is 16.2. The van der Waals surface area contributed by atoms with Gasteiger partial charge in [-0.3, -0.25) is 9.69 Å². The lowest BCUT2D eigenvalue weighted by atomic mass is 9.90. The van der Waals surface area contributed by atoms with E-state index in [0.717, 1.165) is 30.8 Å². The van der Waals surface area contributed by atoms with E-state index in [4.69, 9.17) is 0 Å². The van der Waals surface area contributed by atoms with Gasteiger partial charge in [0.2, 0.25) is 0 Å². The van der Waals surface area contributed by atoms with Crippen molar-refractivity contribution in [2.24, 2.45) is 5.92 Å². The van der Waals surface area contributed by atoms with Gasteiger partial charge >= 0.3 is 0 Å². The SMILES string of the molecule is Cc1ccccc1C(=O)NCC1CN(C(c2ccccc2)c2ccccc2)C1. The molecule has 0 aromatic heterocycles. The summed E-state index contributed by atoms with van der Waals surface area (Å²) >= 11 is 0. The number of likely N-dealkylation sites (tertiary alicyclic amines) is 1. The fourth-order valence-corrected chi connectivity index (χ4v) is 3.99. The molecule has 0 radical (unpaired) electrons. The molecule has 1 heterocycles. The molecule has 3 aromatic rings. The van der Waals surface area contributed by atoms with Gasteiger partial charge in [-0.15, -0.1) is 0 Å². The molecule has 1 aliphatic heterocycles. The molecule has 3 aromatic carbocycles. The highest BCUT2D eigenvalue weighted by atomic mass is 16.1. The number of hydrogen-bond donors (Lipinski definition) is 1. The lowest BCUT2D eigenvalue weighted by Crippen LogP contribution is -2.52. The van der Waals surface area contributed by atoms with Crippen LogP contribution in [0.4, 0.5) is 0 Å². The van der Waals surface area contributed by atoms with Gasteiger partial charge in [-0.25, -0.2) is 0 Å². The fourth-order valence-electron chi connectivity index (χ4n) is 3.99. The summed E-state index contributed by atoms with van der Waals surface area (Å²) in [6.07, 6.45) is 0. The average Bonchev–Trinajstić information content (AvgIpc) is 2.71. The van der Waals surface area contributed by atoms with E-state index in [-0.39, 0.29) is 11.9 Å². The Morgan fingerprint density at radius 1 is 0.893 bits per heavy atom. The Morgan fingerprint density at radius 3 is 2.00 bits per heavy atom. The topological polar surface area (TPSA) is 32.3 Å². The van der Waals surface area contributed by atoms with Gasteiger partial charge in [0.1, 0.15) is 0 Å². The molecule has 0 unspecified atom stereocenters. The maximum atomic E-state index is 12.4. The quantitative estimate of drug-likeness (QED) is 0.695. The Balaban J connectivity index is 1.39. The van der Waals surface area contributed by atoms with E-state index >= 15 is 0 Å². The first-order chi connectivity index (χ1) is 13.7. The molecule has 1 N–H and O–H groups in total. The first-order valence-electron chi connectivity index (χ1n) is 9.90. The van der Waals surface area contributed by atoms with Crippen LogP contribution in [0.1, 0.15) is 33.1 Å². The monoisotopic (exact) mass is 370 g/mol. The summed E-state index contributed by atoms with van der Waals surface area (Å²) in [5.74, 6) is 0.516. The van der Waals surface area contributed by atoms with Crippen molar-refractivity contribution in [1.82, 2.24) is 10.2 Å². The van der Waals surface area contributed by atoms with Gasteiger partial charge in [-0.1, -0.05) is 78.9 Å². The highest BCUT2D eigenvalue weighted by molar-refractivity contribution is 5.95. The minimum Gasteiger partial charge on any atom is -0.352 e. The summed E-state index contributed by atoms with van der Waals surface area (Å²) in [4.78, 5) is 14.9. The van der Waals surface area contributed by atoms with Crippen LogP contribution >= 0.6 is 0 Å². The van der Waals surface area contributed by atoms with E-state index in [2.05, 4.69) is 70.9 Å². The van der Waals surface area contributed by atoms with Crippen molar-refractivity contribution in [3.8, 4) is 0 Å². The molecular formula is C25H26N2O. The summed E-state index contributed by atoms with van der Waals surface area (Å²) in [6, 6.07) is 29.3. The smallest absolute Gasteiger partial charge is 0.251 e. The number of amides is 1. The van der Waals surface area contributed by atoms with Crippen LogP contribution in [0.25, 0.3) is 0 Å². The highest BCUT2D eigenvalue weighted by Gasteiger charge is 2.34. The normalized spacial score (nSPS) is 14.6. The van der Waals surface area contributed by atoms with Gasteiger partial charge in [-0.05, 0) is 29.7 Å². The first kappa shape index (κ1) is 18.5. The standard InChI is InChI=1S/C25H26N2O/c1-19-10-8-9-15-23(19)25(28)26-16-20-17-27(18-20)24(21-11-4-2-5-12-21)22-13-6-3-7-14-22/h2-15,20,24H,16-18H2,1H3,(H,26,28). The third-order valence-corrected chi connectivity index (χ3v) is 5.52. The third-order valence-electron chi connectivity index (χ3n) is 5.52. The van der Waals surface area contributed by atoms with Crippen LogP contribution in [0.15, 0.2) is 84.9 Å². The molecule has 0 atom stereocenters. The number of hydrogen-bond acceptors (Lipinski definition) is 2. The van der Waals surface area contributed by atoms with Crippen molar-refractivity contribution in [3.63, 3.8) is 0 Å². The summed E-state index contributed by atoms with van der Waals surface area (Å²) in [5, 5.41) is 3.12. The zero-order chi connectivity index (χ0) is 19.3. The summed E-state index contributed by atoms with van der Waals surface area (Å²) < 4.78 is 0. The molecule has 0 spiro atoms. The van der Waals surface area contributed by atoms with Crippen molar-refractivity contribution in [3.05, 3.63) is 107 Å². The largest absolute Gasteiger partial charge is 0.352 e. The number of aryl methyl sites for hydroxylation is 1. The van der Waals surface area contributed by atoms with E-state index in [1.807, 2.05) is 31.2 Å². The molecule has 0 aliphatic carbocycles. The highest BCUT2D eigenvalue weighted by Crippen LogP contribution is 2.33. The lowest BCUT2D eigenvalue weighted by molar-refractivity contribution is 0.0645. The van der Waals surface area contributed by atoms with Gasteiger partial charge in [0.25, 0.3) is 5.91 Å². The third kappa shape index (κ3) is 4.00. The molecule has 1 amide bonds. The Hall–Kier alpha value is -2.91. The second-order valence-corrected chi connectivity index (χ2v) is 7.57. The van der Waals surface area contributed by atoms with Gasteiger partial charge in [0.15, 0.2) is 0 Å². The van der Waals surface area contributed by atoms with Crippen molar-refractivity contribution < 1.29 is 4.79 Å². The Kier molecular flexibility index (Phi) is 5.54. The van der Waals surface area contributed by atoms with E-state index in [1.165, 1.54) is 11.1 Å². The molecule has 142 valence electrons. The summed E-state index contributed by atoms with van der Waals surface area (Å²) in [5.41, 5.74) is 4.42. The predicted molar refractivity (Wildman–Crippen MR) is 113 cm³/mol. The summed E-state index contributed by atoms with van der Waals surface area (Å²) in [6.45, 7) is 4.68. The molecule has 4 rings (SSSR count). The average molecular weight is 370 g/mol. The fraction of sp³-hybridized carbons (Fsp3) is 0.240. The van der Waals surface area contributed by atoms with Crippen LogP contribution < -0.4 is 5.32 Å². The van der Waals surface area contributed by atoms with Crippen molar-refractivity contribution in [1.29, 1.82) is 0 Å². The number of carbonyl (C=O) groups is 1. The molecule has 3 heteroatoms. The van der Waals surface area contributed by atoms with E-state index < -0.39 is 0 Å². The molecule has 1 fully saturated rings. The lowest BCUT2D eigenvalue weighted by Gasteiger charge is -2.45. The maximum absolute atomic E-state index is 12.4. The van der Waals surface area contributed by atoms with Crippen LogP contribution in [-0.4, -0.2) is 30.4 Å². The molecule has 1 aliphatic rings. The van der Waals surface area contributed by atoms with E-state index in [0.29, 0.717) is 5.92 Å². The van der Waals surface area contributed by atoms with Crippen LogP contribution in [0.3, 0.4) is 0 Å². The molecule has 1 saturated heterocycles. The first-order valence-corrected chi connectivity index (χ1v) is 9.90. The Labute approximate surface area is 167 Å². The number of rotatable bonds is 6. The summed E-state index contributed by atoms with van der Waals surface area (Å²) in [7, 11) is 0.